The van der Waals surface area contributed by atoms with Crippen LogP contribution in [0.25, 0.3) is 0 Å². The van der Waals surface area contributed by atoms with Gasteiger partial charge < -0.3 is 14.9 Å². The van der Waals surface area contributed by atoms with Gasteiger partial charge in [0.1, 0.15) is 6.10 Å². The van der Waals surface area contributed by atoms with Crippen LogP contribution in [0, 0.1) is 0 Å². The van der Waals surface area contributed by atoms with E-state index in [1.807, 2.05) is 0 Å². The molecule has 1 saturated heterocycles. The Bertz CT molecular complexity index is 317. The molecule has 17 heavy (non-hydrogen) atoms. The van der Waals surface area contributed by atoms with Crippen molar-refractivity contribution >= 4 is 5.78 Å². The molecule has 0 amide bonds. The molecule has 0 aromatic carbocycles. The summed E-state index contributed by atoms with van der Waals surface area (Å²) in [5.74, 6) is -0.0907. The van der Waals surface area contributed by atoms with Crippen LogP contribution >= 0.6 is 0 Å². The van der Waals surface area contributed by atoms with Gasteiger partial charge in [0.25, 0.3) is 0 Å². The van der Waals surface area contributed by atoms with E-state index in [1.165, 1.54) is 13.0 Å². The van der Waals surface area contributed by atoms with Crippen LogP contribution in [-0.2, 0) is 9.53 Å². The van der Waals surface area contributed by atoms with Crippen molar-refractivity contribution in [3.8, 4) is 0 Å². The van der Waals surface area contributed by atoms with E-state index >= 15 is 0 Å². The second kappa shape index (κ2) is 4.88. The van der Waals surface area contributed by atoms with Crippen LogP contribution in [0.5, 0.6) is 0 Å². The monoisotopic (exact) mass is 242 g/mol. The molecule has 3 atom stereocenters. The molecule has 4 heteroatoms. The molecule has 0 unspecified atom stereocenters. The number of aliphatic hydroxyl groups is 2. The van der Waals surface area contributed by atoms with Crippen molar-refractivity contribution in [2.75, 3.05) is 0 Å². The van der Waals surface area contributed by atoms with Gasteiger partial charge in [0.05, 0.1) is 17.3 Å². The number of ketones is 1. The Hall–Kier alpha value is -0.710. The van der Waals surface area contributed by atoms with Crippen molar-refractivity contribution in [3.63, 3.8) is 0 Å². The molecule has 0 spiro atoms. The highest BCUT2D eigenvalue weighted by molar-refractivity contribution is 5.87. The summed E-state index contributed by atoms with van der Waals surface area (Å²) in [7, 11) is 0. The lowest BCUT2D eigenvalue weighted by Crippen LogP contribution is -2.44. The van der Waals surface area contributed by atoms with Gasteiger partial charge in [-0.25, -0.2) is 0 Å². The van der Waals surface area contributed by atoms with Crippen molar-refractivity contribution in [1.29, 1.82) is 0 Å². The van der Waals surface area contributed by atoms with E-state index in [0.29, 0.717) is 12.8 Å². The van der Waals surface area contributed by atoms with Crippen molar-refractivity contribution in [2.24, 2.45) is 0 Å². The highest BCUT2D eigenvalue weighted by Gasteiger charge is 2.42. The first kappa shape index (κ1) is 14.4. The third-order valence-electron chi connectivity index (χ3n) is 3.28. The molecule has 0 bridgehead atoms. The molecule has 2 N–H and O–H groups in total. The predicted molar refractivity (Wildman–Crippen MR) is 64.6 cm³/mol. The van der Waals surface area contributed by atoms with E-state index in [2.05, 4.69) is 0 Å². The normalized spacial score (nSPS) is 38.0. The maximum absolute atomic E-state index is 10.9. The van der Waals surface area contributed by atoms with Crippen molar-refractivity contribution < 1.29 is 19.7 Å². The third-order valence-corrected chi connectivity index (χ3v) is 3.28. The third kappa shape index (κ3) is 3.63. The summed E-state index contributed by atoms with van der Waals surface area (Å²) in [4.78, 5) is 10.9. The zero-order chi connectivity index (χ0) is 13.3. The summed E-state index contributed by atoms with van der Waals surface area (Å²) >= 11 is 0. The second-order valence-electron chi connectivity index (χ2n) is 5.52. The molecule has 4 nitrogen and oxygen atoms in total. The molecule has 1 aliphatic heterocycles. The number of ether oxygens (including phenoxy) is 1. The van der Waals surface area contributed by atoms with Gasteiger partial charge in [-0.1, -0.05) is 0 Å². The average Bonchev–Trinajstić information content (AvgIpc) is 2.26. The molecule has 1 rings (SSSR count). The molecule has 98 valence electrons. The Balaban J connectivity index is 2.94. The lowest BCUT2D eigenvalue weighted by atomic mass is 9.91. The Morgan fingerprint density at radius 3 is 2.53 bits per heavy atom. The molecular formula is C13H22O4. The Morgan fingerprint density at radius 2 is 2.00 bits per heavy atom. The smallest absolute Gasteiger partial charge is 0.152 e. The summed E-state index contributed by atoms with van der Waals surface area (Å²) in [5.41, 5.74) is -1.80. The highest BCUT2D eigenvalue weighted by atomic mass is 16.5. The number of allylic oxidation sites excluding steroid dienone is 1. The summed E-state index contributed by atoms with van der Waals surface area (Å²) in [6.45, 7) is 6.68. The van der Waals surface area contributed by atoms with Crippen LogP contribution in [0.1, 0.15) is 40.5 Å². The van der Waals surface area contributed by atoms with Gasteiger partial charge in [-0.3, -0.25) is 4.79 Å². The van der Waals surface area contributed by atoms with Crippen LogP contribution in [0.2, 0.25) is 0 Å². The van der Waals surface area contributed by atoms with Gasteiger partial charge in [0.15, 0.2) is 5.78 Å². The number of aliphatic hydroxyl groups excluding tert-OH is 1. The molecule has 0 radical (unpaired) electrons. The fourth-order valence-electron chi connectivity index (χ4n) is 1.92. The van der Waals surface area contributed by atoms with Crippen molar-refractivity contribution in [1.82, 2.24) is 0 Å². The predicted octanol–water partition coefficient (Wildman–Crippen LogP) is 1.20. The van der Waals surface area contributed by atoms with E-state index in [-0.39, 0.29) is 5.78 Å². The van der Waals surface area contributed by atoms with Gasteiger partial charge in [0, 0.05) is 0 Å². The van der Waals surface area contributed by atoms with Gasteiger partial charge in [-0.15, -0.1) is 0 Å². The van der Waals surface area contributed by atoms with Crippen LogP contribution < -0.4 is 0 Å². The highest BCUT2D eigenvalue weighted by Crippen LogP contribution is 2.33. The maximum atomic E-state index is 10.9. The van der Waals surface area contributed by atoms with Crippen LogP contribution in [0.3, 0.4) is 0 Å². The lowest BCUT2D eigenvalue weighted by Gasteiger charge is -2.34. The summed E-state index contributed by atoms with van der Waals surface area (Å²) in [6, 6.07) is 0. The number of hydrogen-bond donors (Lipinski definition) is 2. The molecule has 1 fully saturated rings. The minimum atomic E-state index is -1.07. The molecular weight excluding hydrogens is 220 g/mol. The van der Waals surface area contributed by atoms with E-state index in [1.54, 1.807) is 26.8 Å². The number of rotatable bonds is 2. The van der Waals surface area contributed by atoms with Gasteiger partial charge in [-0.05, 0) is 52.7 Å². The quantitative estimate of drug-likeness (QED) is 0.714. The fraction of sp³-hybridized carbons (Fsp3) is 0.769. The molecule has 0 aromatic heterocycles. The Labute approximate surface area is 102 Å². The second-order valence-corrected chi connectivity index (χ2v) is 5.52. The molecule has 1 aliphatic rings. The van der Waals surface area contributed by atoms with Crippen LogP contribution in [-0.4, -0.2) is 39.4 Å². The van der Waals surface area contributed by atoms with E-state index < -0.39 is 23.4 Å². The topological polar surface area (TPSA) is 66.8 Å². The zero-order valence-electron chi connectivity index (χ0n) is 10.9. The zero-order valence-corrected chi connectivity index (χ0v) is 10.9. The van der Waals surface area contributed by atoms with E-state index in [4.69, 9.17) is 4.74 Å². The average molecular weight is 242 g/mol. The molecule has 0 saturated carbocycles. The first-order valence-electron chi connectivity index (χ1n) is 5.92. The summed E-state index contributed by atoms with van der Waals surface area (Å²) in [6.07, 6.45) is 2.67. The summed E-state index contributed by atoms with van der Waals surface area (Å²) < 4.78 is 5.74. The SMILES string of the molecule is CC(=O)C=C[C@@H]1OC(C)(C)[C@@H](O)CC[C@@]1(C)O. The number of carbonyl (C=O) groups is 1. The minimum Gasteiger partial charge on any atom is -0.390 e. The maximum Gasteiger partial charge on any atom is 0.152 e. The van der Waals surface area contributed by atoms with Crippen molar-refractivity contribution in [3.05, 3.63) is 12.2 Å². The molecule has 0 aromatic rings. The van der Waals surface area contributed by atoms with Gasteiger partial charge >= 0.3 is 0 Å². The standard InChI is InChI=1S/C13H22O4/c1-9(14)5-6-11-13(4,16)8-7-10(15)12(2,3)17-11/h5-6,10-11,15-16H,7-8H2,1-4H3/t10-,11-,13+/m0/s1. The lowest BCUT2D eigenvalue weighted by molar-refractivity contribution is -0.150. The van der Waals surface area contributed by atoms with E-state index in [9.17, 15) is 15.0 Å². The van der Waals surface area contributed by atoms with Gasteiger partial charge in [-0.2, -0.15) is 0 Å². The van der Waals surface area contributed by atoms with Crippen LogP contribution in [0.15, 0.2) is 12.2 Å². The molecule has 0 aliphatic carbocycles. The summed E-state index contributed by atoms with van der Waals surface area (Å²) in [5, 5.41) is 20.2. The largest absolute Gasteiger partial charge is 0.390 e. The Morgan fingerprint density at radius 1 is 1.41 bits per heavy atom. The fourth-order valence-corrected chi connectivity index (χ4v) is 1.92. The molecule has 1 heterocycles. The Kier molecular flexibility index (Phi) is 4.12. The number of hydrogen-bond acceptors (Lipinski definition) is 4. The van der Waals surface area contributed by atoms with Crippen molar-refractivity contribution in [2.45, 2.75) is 63.9 Å². The minimum absolute atomic E-state index is 0.0907. The van der Waals surface area contributed by atoms with E-state index in [0.717, 1.165) is 0 Å². The number of carbonyl (C=O) groups excluding carboxylic acids is 1. The van der Waals surface area contributed by atoms with Gasteiger partial charge in [0.2, 0.25) is 0 Å². The first-order chi connectivity index (χ1) is 7.65. The first-order valence-corrected chi connectivity index (χ1v) is 5.92. The van der Waals surface area contributed by atoms with Crippen LogP contribution in [0.4, 0.5) is 0 Å².